The van der Waals surface area contributed by atoms with Crippen LogP contribution in [-0.4, -0.2) is 59.5 Å². The number of carbonyl (C=O) groups is 3. The largest absolute Gasteiger partial charge is 0.296 e. The second kappa shape index (κ2) is 4.45. The van der Waals surface area contributed by atoms with Crippen molar-refractivity contribution in [2.75, 3.05) is 17.8 Å². The molecule has 2 atom stereocenters. The number of hydrogen-bond acceptors (Lipinski definition) is 6. The first kappa shape index (κ1) is 14.3. The van der Waals surface area contributed by atoms with Crippen LogP contribution in [0.15, 0.2) is 12.2 Å². The van der Waals surface area contributed by atoms with Crippen molar-refractivity contribution in [3.8, 4) is 0 Å². The molecule has 0 saturated carbocycles. The minimum Gasteiger partial charge on any atom is -0.296 e. The fourth-order valence-corrected chi connectivity index (χ4v) is 3.39. The SMILES string of the molecule is CC1(C(=O)C(CS(C)(=O)=O)N2C(=O)C=CC2=O)CS1. The maximum Gasteiger partial charge on any atom is 0.254 e. The number of thioether (sulfide) groups is 1. The third kappa shape index (κ3) is 2.89. The highest BCUT2D eigenvalue weighted by Crippen LogP contribution is 2.46. The molecule has 0 radical (unpaired) electrons. The Morgan fingerprint density at radius 3 is 2.26 bits per heavy atom. The molecule has 0 bridgehead atoms. The van der Waals surface area contributed by atoms with Crippen LogP contribution in [0.25, 0.3) is 0 Å². The summed E-state index contributed by atoms with van der Waals surface area (Å²) in [5.41, 5.74) is 0. The molecule has 0 N–H and O–H groups in total. The molecule has 2 aliphatic heterocycles. The zero-order valence-electron chi connectivity index (χ0n) is 10.5. The molecule has 2 amide bonds. The molecular formula is C11H13NO5S2. The van der Waals surface area contributed by atoms with Crippen LogP contribution in [0.2, 0.25) is 0 Å². The summed E-state index contributed by atoms with van der Waals surface area (Å²) < 4.78 is 22.2. The lowest BCUT2D eigenvalue weighted by Gasteiger charge is -2.26. The number of sulfone groups is 1. The van der Waals surface area contributed by atoms with Crippen molar-refractivity contribution in [2.45, 2.75) is 17.7 Å². The van der Waals surface area contributed by atoms with Gasteiger partial charge in [-0.05, 0) is 6.92 Å². The van der Waals surface area contributed by atoms with E-state index in [-0.39, 0.29) is 5.78 Å². The summed E-state index contributed by atoms with van der Waals surface area (Å²) >= 11 is 1.38. The van der Waals surface area contributed by atoms with E-state index in [9.17, 15) is 22.8 Å². The van der Waals surface area contributed by atoms with Gasteiger partial charge in [-0.3, -0.25) is 19.3 Å². The Labute approximate surface area is 115 Å². The maximum absolute atomic E-state index is 12.3. The van der Waals surface area contributed by atoms with Crippen molar-refractivity contribution in [1.29, 1.82) is 0 Å². The van der Waals surface area contributed by atoms with Gasteiger partial charge in [0.05, 0.1) is 10.5 Å². The van der Waals surface area contributed by atoms with Gasteiger partial charge in [-0.25, -0.2) is 8.42 Å². The van der Waals surface area contributed by atoms with E-state index in [4.69, 9.17) is 0 Å². The molecule has 2 unspecified atom stereocenters. The molecule has 0 spiro atoms. The average molecular weight is 303 g/mol. The number of hydrogen-bond donors (Lipinski definition) is 0. The van der Waals surface area contributed by atoms with Crippen molar-refractivity contribution >= 4 is 39.2 Å². The Morgan fingerprint density at radius 1 is 1.42 bits per heavy atom. The Balaban J connectivity index is 2.32. The lowest BCUT2D eigenvalue weighted by atomic mass is 10.0. The second-order valence-corrected chi connectivity index (χ2v) is 8.54. The van der Waals surface area contributed by atoms with Crippen LogP contribution in [0.1, 0.15) is 6.92 Å². The number of amides is 2. The summed E-state index contributed by atoms with van der Waals surface area (Å²) in [5, 5.41) is 0. The van der Waals surface area contributed by atoms with E-state index < -0.39 is 38.2 Å². The Bertz CT molecular complexity index is 570. The number of Topliss-reactive ketones (excluding diaryl/α,β-unsaturated/α-hetero) is 1. The van der Waals surface area contributed by atoms with Gasteiger partial charge in [-0.2, -0.15) is 0 Å². The van der Waals surface area contributed by atoms with Gasteiger partial charge in [0, 0.05) is 24.2 Å². The van der Waals surface area contributed by atoms with Crippen molar-refractivity contribution < 1.29 is 22.8 Å². The lowest BCUT2D eigenvalue weighted by Crippen LogP contribution is -2.52. The monoisotopic (exact) mass is 303 g/mol. The topological polar surface area (TPSA) is 88.6 Å². The molecule has 0 aliphatic carbocycles. The molecule has 0 aromatic rings. The van der Waals surface area contributed by atoms with Gasteiger partial charge >= 0.3 is 0 Å². The Kier molecular flexibility index (Phi) is 3.34. The highest BCUT2D eigenvalue weighted by molar-refractivity contribution is 8.08. The van der Waals surface area contributed by atoms with Gasteiger partial charge in [0.25, 0.3) is 11.8 Å². The smallest absolute Gasteiger partial charge is 0.254 e. The van der Waals surface area contributed by atoms with Crippen molar-refractivity contribution in [2.24, 2.45) is 0 Å². The quantitative estimate of drug-likeness (QED) is 0.498. The molecule has 2 heterocycles. The number of ketones is 1. The molecule has 19 heavy (non-hydrogen) atoms. The first-order valence-corrected chi connectivity index (χ1v) is 8.60. The van der Waals surface area contributed by atoms with Gasteiger partial charge < -0.3 is 0 Å². The van der Waals surface area contributed by atoms with Crippen LogP contribution >= 0.6 is 11.8 Å². The van der Waals surface area contributed by atoms with Crippen LogP contribution in [0.5, 0.6) is 0 Å². The maximum atomic E-state index is 12.3. The van der Waals surface area contributed by atoms with Crippen molar-refractivity contribution in [1.82, 2.24) is 4.90 Å². The fraction of sp³-hybridized carbons (Fsp3) is 0.545. The molecule has 1 saturated heterocycles. The molecule has 2 rings (SSSR count). The molecule has 0 aromatic carbocycles. The number of nitrogens with zero attached hydrogens (tertiary/aromatic N) is 1. The molecular weight excluding hydrogens is 290 g/mol. The number of rotatable bonds is 5. The predicted molar refractivity (Wildman–Crippen MR) is 70.4 cm³/mol. The normalized spacial score (nSPS) is 27.8. The van der Waals surface area contributed by atoms with E-state index in [2.05, 4.69) is 0 Å². The summed E-state index contributed by atoms with van der Waals surface area (Å²) in [5.74, 6) is -1.60. The zero-order chi connectivity index (χ0) is 14.4. The third-order valence-electron chi connectivity index (χ3n) is 3.02. The van der Waals surface area contributed by atoms with Crippen molar-refractivity contribution in [3.63, 3.8) is 0 Å². The van der Waals surface area contributed by atoms with Gasteiger partial charge in [-0.15, -0.1) is 11.8 Å². The van der Waals surface area contributed by atoms with Crippen molar-refractivity contribution in [3.05, 3.63) is 12.2 Å². The summed E-state index contributed by atoms with van der Waals surface area (Å²) in [7, 11) is -3.49. The van der Waals surface area contributed by atoms with Gasteiger partial charge in [0.15, 0.2) is 5.78 Å². The van der Waals surface area contributed by atoms with E-state index in [1.807, 2.05) is 0 Å². The minimum atomic E-state index is -3.49. The first-order chi connectivity index (χ1) is 8.64. The van der Waals surface area contributed by atoms with E-state index in [0.717, 1.165) is 23.3 Å². The highest BCUT2D eigenvalue weighted by atomic mass is 32.2. The van der Waals surface area contributed by atoms with Crippen LogP contribution in [0, 0.1) is 0 Å². The lowest BCUT2D eigenvalue weighted by molar-refractivity contribution is -0.144. The summed E-state index contributed by atoms with van der Waals surface area (Å²) in [6, 6.07) is -1.23. The van der Waals surface area contributed by atoms with Crippen LogP contribution in [0.3, 0.4) is 0 Å². The Hall–Kier alpha value is -1.15. The molecule has 0 aromatic heterocycles. The zero-order valence-corrected chi connectivity index (χ0v) is 12.1. The summed E-state index contributed by atoms with van der Waals surface area (Å²) in [4.78, 5) is 36.3. The third-order valence-corrected chi connectivity index (χ3v) is 5.29. The fourth-order valence-electron chi connectivity index (χ4n) is 1.88. The highest BCUT2D eigenvalue weighted by Gasteiger charge is 2.52. The van der Waals surface area contributed by atoms with Gasteiger partial charge in [0.2, 0.25) is 0 Å². The molecule has 2 aliphatic rings. The minimum absolute atomic E-state index is 0.381. The standard InChI is InChI=1S/C11H13NO5S2/c1-11(6-18-11)10(15)7(5-19(2,16)17)12-8(13)3-4-9(12)14/h3-4,7H,5-6H2,1-2H3. The van der Waals surface area contributed by atoms with Crippen LogP contribution in [0.4, 0.5) is 0 Å². The first-order valence-electron chi connectivity index (χ1n) is 5.55. The van der Waals surface area contributed by atoms with Gasteiger partial charge in [-0.1, -0.05) is 0 Å². The molecule has 104 valence electrons. The average Bonchev–Trinajstić information content (AvgIpc) is 2.94. The summed E-state index contributed by atoms with van der Waals surface area (Å²) in [6.45, 7) is 1.69. The van der Waals surface area contributed by atoms with Crippen LogP contribution < -0.4 is 0 Å². The van der Waals surface area contributed by atoms with E-state index >= 15 is 0 Å². The van der Waals surface area contributed by atoms with E-state index in [1.165, 1.54) is 11.8 Å². The number of imide groups is 1. The summed E-state index contributed by atoms with van der Waals surface area (Å²) in [6.07, 6.45) is 3.08. The van der Waals surface area contributed by atoms with E-state index in [1.54, 1.807) is 6.92 Å². The van der Waals surface area contributed by atoms with Crippen LogP contribution in [-0.2, 0) is 24.2 Å². The predicted octanol–water partition coefficient (Wildman–Crippen LogP) is -0.601. The molecule has 1 fully saturated rings. The van der Waals surface area contributed by atoms with Gasteiger partial charge in [0.1, 0.15) is 15.9 Å². The second-order valence-electron chi connectivity index (χ2n) is 4.87. The Morgan fingerprint density at radius 2 is 1.89 bits per heavy atom. The number of carbonyl (C=O) groups excluding carboxylic acids is 3. The van der Waals surface area contributed by atoms with E-state index in [0.29, 0.717) is 5.75 Å². The molecule has 6 nitrogen and oxygen atoms in total. The molecule has 8 heteroatoms.